The SMILES string of the molecule is CC(NC1CCC(NS(=O)(=O)c2ccc(N3CCOCC3)nc2)CC1)c1cccnc1. The first-order valence-electron chi connectivity index (χ1n) is 11.0. The van der Waals surface area contributed by atoms with Gasteiger partial charge in [-0.05, 0) is 56.4 Å². The highest BCUT2D eigenvalue weighted by Gasteiger charge is 2.27. The fraction of sp³-hybridized carbons (Fsp3) is 0.545. The molecule has 2 N–H and O–H groups in total. The van der Waals surface area contributed by atoms with Crippen LogP contribution in [0.2, 0.25) is 0 Å². The largest absolute Gasteiger partial charge is 0.378 e. The quantitative estimate of drug-likeness (QED) is 0.675. The monoisotopic (exact) mass is 445 g/mol. The van der Waals surface area contributed by atoms with E-state index in [0.29, 0.717) is 19.3 Å². The van der Waals surface area contributed by atoms with Crippen LogP contribution in [0.5, 0.6) is 0 Å². The van der Waals surface area contributed by atoms with Gasteiger partial charge in [-0.15, -0.1) is 0 Å². The molecule has 0 aromatic carbocycles. The van der Waals surface area contributed by atoms with Crippen LogP contribution in [0.25, 0.3) is 0 Å². The number of nitrogens with zero attached hydrogens (tertiary/aromatic N) is 3. The molecule has 1 saturated heterocycles. The van der Waals surface area contributed by atoms with Crippen LogP contribution in [0.3, 0.4) is 0 Å². The van der Waals surface area contributed by atoms with E-state index in [4.69, 9.17) is 4.74 Å². The summed E-state index contributed by atoms with van der Waals surface area (Å²) in [5, 5.41) is 3.65. The minimum Gasteiger partial charge on any atom is -0.378 e. The van der Waals surface area contributed by atoms with Gasteiger partial charge in [0, 0.05) is 49.8 Å². The maximum atomic E-state index is 12.8. The molecule has 3 heterocycles. The summed E-state index contributed by atoms with van der Waals surface area (Å²) in [5.74, 6) is 0.788. The minimum absolute atomic E-state index is 0.0457. The molecule has 1 saturated carbocycles. The second-order valence-electron chi connectivity index (χ2n) is 8.30. The number of sulfonamides is 1. The zero-order valence-corrected chi connectivity index (χ0v) is 18.7. The Morgan fingerprint density at radius 3 is 2.45 bits per heavy atom. The Morgan fingerprint density at radius 1 is 1.06 bits per heavy atom. The molecular formula is C22H31N5O3S. The Morgan fingerprint density at radius 2 is 1.81 bits per heavy atom. The van der Waals surface area contributed by atoms with Crippen LogP contribution in [0.4, 0.5) is 5.82 Å². The lowest BCUT2D eigenvalue weighted by molar-refractivity contribution is 0.122. The minimum atomic E-state index is -3.58. The highest BCUT2D eigenvalue weighted by molar-refractivity contribution is 7.89. The van der Waals surface area contributed by atoms with Gasteiger partial charge in [-0.1, -0.05) is 6.07 Å². The zero-order valence-electron chi connectivity index (χ0n) is 17.9. The van der Waals surface area contributed by atoms with Gasteiger partial charge in [0.1, 0.15) is 10.7 Å². The van der Waals surface area contributed by atoms with Gasteiger partial charge >= 0.3 is 0 Å². The number of nitrogens with one attached hydrogen (secondary N) is 2. The van der Waals surface area contributed by atoms with E-state index in [-0.39, 0.29) is 17.0 Å². The third-order valence-corrected chi connectivity index (χ3v) is 7.59. The van der Waals surface area contributed by atoms with E-state index < -0.39 is 10.0 Å². The van der Waals surface area contributed by atoms with Crippen molar-refractivity contribution in [3.63, 3.8) is 0 Å². The van der Waals surface area contributed by atoms with E-state index in [1.807, 2.05) is 12.3 Å². The highest BCUT2D eigenvalue weighted by atomic mass is 32.2. The molecule has 31 heavy (non-hydrogen) atoms. The van der Waals surface area contributed by atoms with Crippen molar-refractivity contribution in [2.75, 3.05) is 31.2 Å². The van der Waals surface area contributed by atoms with E-state index in [1.54, 1.807) is 18.3 Å². The molecule has 8 nitrogen and oxygen atoms in total. The molecule has 1 atom stereocenters. The Balaban J connectivity index is 1.28. The number of rotatable bonds is 7. The van der Waals surface area contributed by atoms with E-state index >= 15 is 0 Å². The fourth-order valence-electron chi connectivity index (χ4n) is 4.26. The number of pyridine rings is 2. The molecule has 0 spiro atoms. The molecule has 1 aliphatic carbocycles. The molecule has 2 aromatic rings. The van der Waals surface area contributed by atoms with E-state index in [9.17, 15) is 8.42 Å². The fourth-order valence-corrected chi connectivity index (χ4v) is 5.51. The number of aromatic nitrogens is 2. The molecule has 4 rings (SSSR count). The third-order valence-electron chi connectivity index (χ3n) is 6.09. The van der Waals surface area contributed by atoms with Crippen molar-refractivity contribution in [1.82, 2.24) is 20.0 Å². The third kappa shape index (κ3) is 5.79. The molecule has 0 amide bonds. The van der Waals surface area contributed by atoms with Crippen molar-refractivity contribution in [1.29, 1.82) is 0 Å². The summed E-state index contributed by atoms with van der Waals surface area (Å²) in [4.78, 5) is 10.9. The first-order valence-corrected chi connectivity index (χ1v) is 12.5. The molecular weight excluding hydrogens is 414 g/mol. The summed E-state index contributed by atoms with van der Waals surface area (Å²) in [6.45, 7) is 5.02. The Kier molecular flexibility index (Phi) is 7.16. The number of hydrogen-bond donors (Lipinski definition) is 2. The first-order chi connectivity index (χ1) is 15.0. The van der Waals surface area contributed by atoms with Gasteiger partial charge in [0.05, 0.1) is 13.2 Å². The van der Waals surface area contributed by atoms with Crippen LogP contribution in [-0.2, 0) is 14.8 Å². The van der Waals surface area contributed by atoms with Crippen molar-refractivity contribution in [3.05, 3.63) is 48.4 Å². The Labute approximate surface area is 184 Å². The smallest absolute Gasteiger partial charge is 0.242 e. The molecule has 2 fully saturated rings. The van der Waals surface area contributed by atoms with Crippen molar-refractivity contribution in [2.24, 2.45) is 0 Å². The molecule has 1 unspecified atom stereocenters. The van der Waals surface area contributed by atoms with Gasteiger partial charge in [0.2, 0.25) is 10.0 Å². The van der Waals surface area contributed by atoms with Crippen molar-refractivity contribution in [2.45, 2.75) is 55.6 Å². The lowest BCUT2D eigenvalue weighted by Gasteiger charge is -2.31. The number of ether oxygens (including phenoxy) is 1. The number of morpholine rings is 1. The summed E-state index contributed by atoms with van der Waals surface area (Å²) in [6.07, 6.45) is 8.62. The van der Waals surface area contributed by atoms with Gasteiger partial charge < -0.3 is 15.0 Å². The number of hydrogen-bond acceptors (Lipinski definition) is 7. The molecule has 1 aliphatic heterocycles. The predicted octanol–water partition coefficient (Wildman–Crippen LogP) is 2.25. The molecule has 168 valence electrons. The summed E-state index contributed by atoms with van der Waals surface area (Å²) in [5.41, 5.74) is 1.17. The van der Waals surface area contributed by atoms with Gasteiger partial charge in [0.25, 0.3) is 0 Å². The molecule has 2 aromatic heterocycles. The average Bonchev–Trinajstić information content (AvgIpc) is 2.81. The van der Waals surface area contributed by atoms with Crippen LogP contribution in [0.15, 0.2) is 47.8 Å². The Bertz CT molecular complexity index is 925. The first kappa shape index (κ1) is 22.1. The van der Waals surface area contributed by atoms with Crippen LogP contribution in [0, 0.1) is 0 Å². The van der Waals surface area contributed by atoms with E-state index in [1.165, 1.54) is 11.8 Å². The second kappa shape index (κ2) is 10.0. The van der Waals surface area contributed by atoms with Crippen LogP contribution >= 0.6 is 0 Å². The predicted molar refractivity (Wildman–Crippen MR) is 119 cm³/mol. The van der Waals surface area contributed by atoms with Gasteiger partial charge in [-0.3, -0.25) is 4.98 Å². The second-order valence-corrected chi connectivity index (χ2v) is 10.0. The van der Waals surface area contributed by atoms with Crippen LogP contribution < -0.4 is 14.9 Å². The van der Waals surface area contributed by atoms with Crippen molar-refractivity contribution >= 4 is 15.8 Å². The summed E-state index contributed by atoms with van der Waals surface area (Å²) >= 11 is 0. The van der Waals surface area contributed by atoms with Crippen molar-refractivity contribution in [3.8, 4) is 0 Å². The lowest BCUT2D eigenvalue weighted by atomic mass is 9.91. The topological polar surface area (TPSA) is 96.5 Å². The normalized spacial score (nSPS) is 23.5. The van der Waals surface area contributed by atoms with E-state index in [2.05, 4.69) is 37.9 Å². The zero-order chi connectivity index (χ0) is 21.7. The maximum Gasteiger partial charge on any atom is 0.242 e. The standard InChI is InChI=1S/C22H31N5O3S/c1-17(18-3-2-10-23-15-18)25-19-4-6-20(7-5-19)26-31(28,29)21-8-9-22(24-16-21)27-11-13-30-14-12-27/h2-3,8-10,15-17,19-20,25-26H,4-7,11-14H2,1H3. The van der Waals surface area contributed by atoms with E-state index in [0.717, 1.165) is 44.6 Å². The number of anilines is 1. The summed E-state index contributed by atoms with van der Waals surface area (Å²) in [6, 6.07) is 8.00. The summed E-state index contributed by atoms with van der Waals surface area (Å²) < 4.78 is 33.9. The van der Waals surface area contributed by atoms with Gasteiger partial charge in [-0.2, -0.15) is 0 Å². The molecule has 9 heteroatoms. The molecule has 2 aliphatic rings. The van der Waals surface area contributed by atoms with Crippen molar-refractivity contribution < 1.29 is 13.2 Å². The average molecular weight is 446 g/mol. The molecule has 0 bridgehead atoms. The lowest BCUT2D eigenvalue weighted by Crippen LogP contribution is -2.42. The molecule has 0 radical (unpaired) electrons. The highest BCUT2D eigenvalue weighted by Crippen LogP contribution is 2.24. The maximum absolute atomic E-state index is 12.8. The van der Waals surface area contributed by atoms with Gasteiger partial charge in [0.15, 0.2) is 0 Å². The van der Waals surface area contributed by atoms with Crippen LogP contribution in [-0.4, -0.2) is 56.8 Å². The Hall–Kier alpha value is -2.07. The summed E-state index contributed by atoms with van der Waals surface area (Å²) in [7, 11) is -3.58. The van der Waals surface area contributed by atoms with Crippen LogP contribution in [0.1, 0.15) is 44.2 Å². The van der Waals surface area contributed by atoms with Gasteiger partial charge in [-0.25, -0.2) is 18.1 Å².